The minimum atomic E-state index is -4.78. The molecule has 104 valence electrons. The van der Waals surface area contributed by atoms with E-state index in [2.05, 4.69) is 9.99 Å². The molecule has 0 aromatic heterocycles. The van der Waals surface area contributed by atoms with E-state index < -0.39 is 24.6 Å². The molecule has 0 saturated carbocycles. The highest BCUT2D eigenvalue weighted by Gasteiger charge is 2.65. The number of halogens is 4. The Bertz CT molecular complexity index is 520. The first-order chi connectivity index (χ1) is 8.78. The van der Waals surface area contributed by atoms with Crippen LogP contribution in [0.4, 0.5) is 17.6 Å². The highest BCUT2D eigenvalue weighted by Crippen LogP contribution is 2.42. The third-order valence-electron chi connectivity index (χ3n) is 2.72. The van der Waals surface area contributed by atoms with Crippen molar-refractivity contribution in [2.45, 2.75) is 24.6 Å². The third kappa shape index (κ3) is 2.12. The summed E-state index contributed by atoms with van der Waals surface area (Å²) in [6, 6.07) is 5.57. The Kier molecular flexibility index (Phi) is 3.13. The van der Waals surface area contributed by atoms with Gasteiger partial charge in [-0.15, -0.1) is 0 Å². The van der Waals surface area contributed by atoms with Gasteiger partial charge < -0.3 is 15.1 Å². The summed E-state index contributed by atoms with van der Waals surface area (Å²) in [4.78, 5) is 4.09. The van der Waals surface area contributed by atoms with Crippen LogP contribution in [0.2, 0.25) is 0 Å². The van der Waals surface area contributed by atoms with Gasteiger partial charge in [0.1, 0.15) is 5.75 Å². The fourth-order valence-corrected chi connectivity index (χ4v) is 1.63. The molecule has 4 nitrogen and oxygen atoms in total. The Morgan fingerprint density at radius 1 is 1.32 bits per heavy atom. The summed E-state index contributed by atoms with van der Waals surface area (Å²) in [5.41, 5.74) is -0.204. The number of hydrogen-bond donors (Lipinski definition) is 2. The molecule has 1 heterocycles. The number of alkyl halides is 4. The summed E-state index contributed by atoms with van der Waals surface area (Å²) in [5, 5.41) is 22.1. The number of benzene rings is 1. The highest BCUT2D eigenvalue weighted by molar-refractivity contribution is 6.03. The lowest BCUT2D eigenvalue weighted by Crippen LogP contribution is -2.52. The van der Waals surface area contributed by atoms with Crippen molar-refractivity contribution in [1.82, 2.24) is 0 Å². The van der Waals surface area contributed by atoms with Crippen molar-refractivity contribution in [2.75, 3.05) is 0 Å². The van der Waals surface area contributed by atoms with Gasteiger partial charge in [0.05, 0.1) is 12.1 Å². The zero-order valence-corrected chi connectivity index (χ0v) is 9.36. The molecule has 1 aromatic rings. The molecule has 2 rings (SSSR count). The molecule has 0 amide bonds. The van der Waals surface area contributed by atoms with Crippen molar-refractivity contribution < 1.29 is 32.6 Å². The molecule has 1 aromatic carbocycles. The van der Waals surface area contributed by atoms with E-state index in [0.717, 1.165) is 0 Å². The number of aliphatic hydroxyl groups is 1. The quantitative estimate of drug-likeness (QED) is 0.833. The van der Waals surface area contributed by atoms with Gasteiger partial charge in [0.15, 0.2) is 0 Å². The zero-order chi connectivity index (χ0) is 14.3. The van der Waals surface area contributed by atoms with Gasteiger partial charge in [0.2, 0.25) is 0 Å². The van der Waals surface area contributed by atoms with Crippen LogP contribution in [0.25, 0.3) is 0 Å². The molecule has 0 spiro atoms. The average Bonchev–Trinajstić information content (AvgIpc) is 2.74. The van der Waals surface area contributed by atoms with Crippen molar-refractivity contribution >= 4 is 5.71 Å². The Labute approximate surface area is 104 Å². The van der Waals surface area contributed by atoms with Crippen LogP contribution in [-0.2, 0) is 4.84 Å². The van der Waals surface area contributed by atoms with Gasteiger partial charge in [-0.3, -0.25) is 0 Å². The van der Waals surface area contributed by atoms with Crippen LogP contribution in [0.15, 0.2) is 29.4 Å². The molecule has 0 radical (unpaired) electrons. The number of oxime groups is 1. The van der Waals surface area contributed by atoms with Crippen LogP contribution in [0.5, 0.6) is 5.75 Å². The molecule has 1 aliphatic rings. The minimum absolute atomic E-state index is 0.0310. The van der Waals surface area contributed by atoms with Gasteiger partial charge in [-0.2, -0.15) is 8.78 Å². The van der Waals surface area contributed by atoms with E-state index in [0.29, 0.717) is 0 Å². The molecule has 0 saturated heterocycles. The largest absolute Gasteiger partial charge is 0.507 e. The minimum Gasteiger partial charge on any atom is -0.507 e. The maximum Gasteiger partial charge on any atom is 0.373 e. The summed E-state index contributed by atoms with van der Waals surface area (Å²) < 4.78 is 50.8. The molecule has 0 fully saturated rings. The Balaban J connectivity index is 2.27. The van der Waals surface area contributed by atoms with E-state index in [-0.39, 0.29) is 17.0 Å². The number of hydrogen-bond acceptors (Lipinski definition) is 4. The lowest BCUT2D eigenvalue weighted by Gasteiger charge is -2.28. The molecule has 1 atom stereocenters. The Hall–Kier alpha value is -1.83. The smallest absolute Gasteiger partial charge is 0.373 e. The number of nitrogens with zero attached hydrogens (tertiary/aromatic N) is 1. The van der Waals surface area contributed by atoms with Crippen molar-refractivity contribution in [3.8, 4) is 5.75 Å². The molecule has 2 N–H and O–H groups in total. The maximum absolute atomic E-state index is 13.2. The molecule has 0 bridgehead atoms. The lowest BCUT2D eigenvalue weighted by atomic mass is 9.98. The summed E-state index contributed by atoms with van der Waals surface area (Å²) in [6.45, 7) is 0. The first-order valence-corrected chi connectivity index (χ1v) is 5.20. The third-order valence-corrected chi connectivity index (χ3v) is 2.72. The first-order valence-electron chi connectivity index (χ1n) is 5.20. The predicted octanol–water partition coefficient (Wildman–Crippen LogP) is 2.11. The van der Waals surface area contributed by atoms with Crippen molar-refractivity contribution in [1.29, 1.82) is 0 Å². The van der Waals surface area contributed by atoms with E-state index in [9.17, 15) is 27.8 Å². The summed E-state index contributed by atoms with van der Waals surface area (Å²) in [7, 11) is 0. The van der Waals surface area contributed by atoms with Crippen LogP contribution in [0.1, 0.15) is 12.0 Å². The predicted molar refractivity (Wildman–Crippen MR) is 56.2 cm³/mol. The normalized spacial score (nSPS) is 23.4. The molecule has 1 unspecified atom stereocenters. The number of para-hydroxylation sites is 1. The van der Waals surface area contributed by atoms with E-state index in [1.54, 1.807) is 0 Å². The van der Waals surface area contributed by atoms with Crippen LogP contribution < -0.4 is 0 Å². The maximum atomic E-state index is 13.2. The molecular weight excluding hydrogens is 270 g/mol. The van der Waals surface area contributed by atoms with Gasteiger partial charge >= 0.3 is 18.1 Å². The van der Waals surface area contributed by atoms with Gasteiger partial charge in [-0.1, -0.05) is 17.3 Å². The molecule has 1 aliphatic heterocycles. The van der Waals surface area contributed by atoms with Crippen LogP contribution >= 0.6 is 0 Å². The SMILES string of the molecule is Oc1ccccc1C1=NOC(O)(C(F)(F)C(F)F)C1. The average molecular weight is 279 g/mol. The zero-order valence-electron chi connectivity index (χ0n) is 9.36. The molecular formula is C11H9F4NO3. The second kappa shape index (κ2) is 4.37. The summed E-state index contributed by atoms with van der Waals surface area (Å²) in [5.74, 6) is -8.48. The Morgan fingerprint density at radius 3 is 2.53 bits per heavy atom. The van der Waals surface area contributed by atoms with E-state index in [1.165, 1.54) is 24.3 Å². The second-order valence-corrected chi connectivity index (χ2v) is 4.03. The topological polar surface area (TPSA) is 62.1 Å². The van der Waals surface area contributed by atoms with Gasteiger partial charge in [0.25, 0.3) is 0 Å². The standard InChI is InChI=1S/C11H9F4NO3/c12-9(13)11(14,15)10(18)5-7(16-19-10)6-3-1-2-4-8(6)17/h1-4,9,17-18H,5H2. The van der Waals surface area contributed by atoms with Gasteiger partial charge in [0, 0.05) is 5.56 Å². The van der Waals surface area contributed by atoms with Crippen molar-refractivity contribution in [3.05, 3.63) is 29.8 Å². The number of aromatic hydroxyl groups is 1. The van der Waals surface area contributed by atoms with E-state index >= 15 is 0 Å². The van der Waals surface area contributed by atoms with Crippen molar-refractivity contribution in [3.63, 3.8) is 0 Å². The Morgan fingerprint density at radius 2 is 1.95 bits per heavy atom. The van der Waals surface area contributed by atoms with Gasteiger partial charge in [-0.25, -0.2) is 8.78 Å². The molecule has 19 heavy (non-hydrogen) atoms. The number of phenols is 1. The van der Waals surface area contributed by atoms with Gasteiger partial charge in [-0.05, 0) is 12.1 Å². The molecule has 8 heteroatoms. The van der Waals surface area contributed by atoms with E-state index in [4.69, 9.17) is 0 Å². The number of rotatable bonds is 3. The van der Waals surface area contributed by atoms with Crippen LogP contribution in [0.3, 0.4) is 0 Å². The van der Waals surface area contributed by atoms with E-state index in [1.807, 2.05) is 0 Å². The number of phenolic OH excluding ortho intramolecular Hbond substituents is 1. The fourth-order valence-electron chi connectivity index (χ4n) is 1.63. The fraction of sp³-hybridized carbons (Fsp3) is 0.364. The lowest BCUT2D eigenvalue weighted by molar-refractivity contribution is -0.338. The summed E-state index contributed by atoms with van der Waals surface area (Å²) in [6.07, 6.45) is -5.06. The summed E-state index contributed by atoms with van der Waals surface area (Å²) >= 11 is 0. The first kappa shape index (κ1) is 13.6. The highest BCUT2D eigenvalue weighted by atomic mass is 19.3. The van der Waals surface area contributed by atoms with Crippen LogP contribution in [-0.4, -0.2) is 34.1 Å². The second-order valence-electron chi connectivity index (χ2n) is 4.03. The van der Waals surface area contributed by atoms with Crippen molar-refractivity contribution in [2.24, 2.45) is 5.16 Å². The monoisotopic (exact) mass is 279 g/mol. The molecule has 0 aliphatic carbocycles. The van der Waals surface area contributed by atoms with Crippen LogP contribution in [0, 0.1) is 0 Å².